The van der Waals surface area contributed by atoms with Gasteiger partial charge in [0.05, 0.1) is 11.4 Å². The van der Waals surface area contributed by atoms with Gasteiger partial charge in [-0.2, -0.15) is 0 Å². The number of nitrogens with zero attached hydrogens (tertiary/aromatic N) is 2. The lowest BCUT2D eigenvalue weighted by molar-refractivity contribution is 0.0702. The maximum Gasteiger partial charge on any atom is 0.348 e. The van der Waals surface area contributed by atoms with Gasteiger partial charge in [-0.1, -0.05) is 89.2 Å². The smallest absolute Gasteiger partial charge is 0.348 e. The molecule has 2 heterocycles. The number of aryl methyl sites for hydroxylation is 1. The Kier molecular flexibility index (Phi) is 5.05. The van der Waals surface area contributed by atoms with Crippen LogP contribution in [0, 0.1) is 6.92 Å². The normalized spacial score (nSPS) is 11.4. The van der Waals surface area contributed by atoms with E-state index in [1.165, 1.54) is 4.40 Å². The van der Waals surface area contributed by atoms with Crippen LogP contribution in [0.1, 0.15) is 26.5 Å². The monoisotopic (exact) mass is 422 g/mol. The Morgan fingerprint density at radius 3 is 2.59 bits per heavy atom. The molecule has 4 aromatic rings. The minimum Gasteiger partial charge on any atom is -0.477 e. The third kappa shape index (κ3) is 3.60. The molecule has 0 saturated heterocycles. The molecule has 29 heavy (non-hydrogen) atoms. The Hall–Kier alpha value is -3.22. The summed E-state index contributed by atoms with van der Waals surface area (Å²) < 4.78 is 1.27. The fourth-order valence-corrected chi connectivity index (χ4v) is 4.24. The minimum atomic E-state index is -1.12. The van der Waals surface area contributed by atoms with Gasteiger partial charge in [0.1, 0.15) is 9.90 Å². The van der Waals surface area contributed by atoms with E-state index in [2.05, 4.69) is 4.98 Å². The van der Waals surface area contributed by atoms with Gasteiger partial charge in [-0.05, 0) is 18.6 Å². The van der Waals surface area contributed by atoms with Crippen molar-refractivity contribution in [2.75, 3.05) is 0 Å². The molecule has 1 N–H and O–H groups in total. The molecule has 0 amide bonds. The van der Waals surface area contributed by atoms with Crippen LogP contribution in [0.2, 0.25) is 5.02 Å². The summed E-state index contributed by atoms with van der Waals surface area (Å²) in [5.74, 6) is -1.12. The van der Waals surface area contributed by atoms with Crippen molar-refractivity contribution in [1.29, 1.82) is 0 Å². The summed E-state index contributed by atoms with van der Waals surface area (Å²) in [6.45, 7) is 1.99. The Morgan fingerprint density at radius 2 is 1.90 bits per heavy atom. The fourth-order valence-electron chi connectivity index (χ4n) is 3.06. The van der Waals surface area contributed by atoms with Crippen LogP contribution in [-0.2, 0) is 0 Å². The van der Waals surface area contributed by atoms with Crippen LogP contribution >= 0.6 is 22.9 Å². The molecule has 7 heteroatoms. The standard InChI is InChI=1S/C22H15ClN2O3S/c1-13-6-5-7-14(12-13)10-11-16-17(23)20(26)25-18(15-8-3-2-4-9-15)19(21(27)28)29-22(25)24-16/h2-12H,1H3,(H,27,28)/b11-10+. The molecule has 2 aromatic heterocycles. The zero-order valence-electron chi connectivity index (χ0n) is 15.3. The lowest BCUT2D eigenvalue weighted by Gasteiger charge is -2.05. The van der Waals surface area contributed by atoms with E-state index in [1.807, 2.05) is 43.3 Å². The van der Waals surface area contributed by atoms with Crippen molar-refractivity contribution in [3.63, 3.8) is 0 Å². The van der Waals surface area contributed by atoms with Gasteiger partial charge in [-0.15, -0.1) is 0 Å². The number of hydrogen-bond acceptors (Lipinski definition) is 4. The molecule has 0 radical (unpaired) electrons. The zero-order chi connectivity index (χ0) is 20.5. The second kappa shape index (κ2) is 7.66. The fraction of sp³-hybridized carbons (Fsp3) is 0.0455. The summed E-state index contributed by atoms with van der Waals surface area (Å²) in [6.07, 6.45) is 3.49. The van der Waals surface area contributed by atoms with Crippen LogP contribution in [-0.4, -0.2) is 20.5 Å². The summed E-state index contributed by atoms with van der Waals surface area (Å²) in [7, 11) is 0. The lowest BCUT2D eigenvalue weighted by atomic mass is 10.1. The molecular formula is C22H15ClN2O3S. The first kappa shape index (κ1) is 19.1. The lowest BCUT2D eigenvalue weighted by Crippen LogP contribution is -2.17. The largest absolute Gasteiger partial charge is 0.477 e. The predicted octanol–water partition coefficient (Wildman–Crippen LogP) is 5.25. The number of carboxylic acids is 1. The summed E-state index contributed by atoms with van der Waals surface area (Å²) in [6, 6.07) is 16.7. The summed E-state index contributed by atoms with van der Waals surface area (Å²) in [4.78, 5) is 29.6. The van der Waals surface area contributed by atoms with Crippen molar-refractivity contribution in [2.45, 2.75) is 6.92 Å². The average molecular weight is 423 g/mol. The maximum absolute atomic E-state index is 13.0. The molecule has 0 saturated carbocycles. The molecule has 5 nitrogen and oxygen atoms in total. The van der Waals surface area contributed by atoms with Crippen molar-refractivity contribution in [3.8, 4) is 11.3 Å². The van der Waals surface area contributed by atoms with E-state index in [0.717, 1.165) is 22.5 Å². The number of aromatic carboxylic acids is 1. The first-order valence-corrected chi connectivity index (χ1v) is 9.93. The second-order valence-electron chi connectivity index (χ2n) is 6.43. The highest BCUT2D eigenvalue weighted by Crippen LogP contribution is 2.31. The molecule has 0 fully saturated rings. The highest BCUT2D eigenvalue weighted by Gasteiger charge is 2.23. The number of thiazole rings is 1. The molecule has 2 aromatic carbocycles. The van der Waals surface area contributed by atoms with Gasteiger partial charge in [-0.3, -0.25) is 4.79 Å². The van der Waals surface area contributed by atoms with Crippen LogP contribution in [0.4, 0.5) is 0 Å². The van der Waals surface area contributed by atoms with Crippen molar-refractivity contribution < 1.29 is 9.90 Å². The molecule has 0 bridgehead atoms. The van der Waals surface area contributed by atoms with E-state index in [1.54, 1.807) is 30.3 Å². The first-order chi connectivity index (χ1) is 14.0. The third-order valence-corrected chi connectivity index (χ3v) is 5.76. The molecule has 0 unspecified atom stereocenters. The molecule has 144 valence electrons. The van der Waals surface area contributed by atoms with Crippen LogP contribution in [0.15, 0.2) is 59.4 Å². The van der Waals surface area contributed by atoms with Gasteiger partial charge in [0.25, 0.3) is 5.56 Å². The maximum atomic E-state index is 13.0. The molecule has 0 atom stereocenters. The Morgan fingerprint density at radius 1 is 1.14 bits per heavy atom. The van der Waals surface area contributed by atoms with E-state index >= 15 is 0 Å². The van der Waals surface area contributed by atoms with Gasteiger partial charge in [0.2, 0.25) is 0 Å². The second-order valence-corrected chi connectivity index (χ2v) is 7.79. The predicted molar refractivity (Wildman–Crippen MR) is 117 cm³/mol. The van der Waals surface area contributed by atoms with Crippen LogP contribution in [0.25, 0.3) is 28.4 Å². The van der Waals surface area contributed by atoms with Crippen LogP contribution in [0.5, 0.6) is 0 Å². The molecule has 0 spiro atoms. The topological polar surface area (TPSA) is 71.7 Å². The van der Waals surface area contributed by atoms with E-state index < -0.39 is 11.5 Å². The molecular weight excluding hydrogens is 408 g/mol. The summed E-state index contributed by atoms with van der Waals surface area (Å²) in [5.41, 5.74) is 2.76. The van der Waals surface area contributed by atoms with E-state index in [-0.39, 0.29) is 20.6 Å². The average Bonchev–Trinajstić information content (AvgIpc) is 3.10. The Bertz CT molecular complexity index is 1320. The SMILES string of the molecule is Cc1cccc(/C=C/c2nc3sc(C(=O)O)c(-c4ccccc4)n3c(=O)c2Cl)c1. The number of benzene rings is 2. The number of hydrogen-bond donors (Lipinski definition) is 1. The molecule has 0 aliphatic carbocycles. The summed E-state index contributed by atoms with van der Waals surface area (Å²) >= 11 is 7.28. The van der Waals surface area contributed by atoms with E-state index in [4.69, 9.17) is 11.6 Å². The Balaban J connectivity index is 1.92. The number of carbonyl (C=O) groups is 1. The van der Waals surface area contributed by atoms with Gasteiger partial charge in [-0.25, -0.2) is 14.2 Å². The van der Waals surface area contributed by atoms with Crippen molar-refractivity contribution in [1.82, 2.24) is 9.38 Å². The summed E-state index contributed by atoms with van der Waals surface area (Å²) in [5, 5.41) is 9.60. The van der Waals surface area contributed by atoms with Crippen molar-refractivity contribution in [2.24, 2.45) is 0 Å². The third-order valence-electron chi connectivity index (χ3n) is 4.37. The highest BCUT2D eigenvalue weighted by atomic mass is 35.5. The first-order valence-electron chi connectivity index (χ1n) is 8.74. The van der Waals surface area contributed by atoms with E-state index in [9.17, 15) is 14.7 Å². The van der Waals surface area contributed by atoms with Crippen LogP contribution < -0.4 is 5.56 Å². The zero-order valence-corrected chi connectivity index (χ0v) is 16.9. The quantitative estimate of drug-likeness (QED) is 0.487. The van der Waals surface area contributed by atoms with Gasteiger partial charge in [0.15, 0.2) is 4.96 Å². The van der Waals surface area contributed by atoms with Gasteiger partial charge < -0.3 is 5.11 Å². The molecule has 0 aliphatic heterocycles. The number of fused-ring (bicyclic) bond motifs is 1. The molecule has 0 aliphatic rings. The Labute approximate surface area is 175 Å². The molecule has 4 rings (SSSR count). The number of carboxylic acid groups (broad SMARTS) is 1. The van der Waals surface area contributed by atoms with Crippen LogP contribution in [0.3, 0.4) is 0 Å². The van der Waals surface area contributed by atoms with E-state index in [0.29, 0.717) is 11.3 Å². The number of rotatable bonds is 4. The number of aromatic nitrogens is 2. The highest BCUT2D eigenvalue weighted by molar-refractivity contribution is 7.19. The van der Waals surface area contributed by atoms with Crippen molar-refractivity contribution >= 4 is 46.0 Å². The van der Waals surface area contributed by atoms with Crippen molar-refractivity contribution in [3.05, 3.63) is 91.7 Å². The van der Waals surface area contributed by atoms with Gasteiger partial charge in [0, 0.05) is 5.56 Å². The minimum absolute atomic E-state index is 0.0386. The van der Waals surface area contributed by atoms with Gasteiger partial charge >= 0.3 is 5.97 Å². The number of halogens is 1.